The van der Waals surface area contributed by atoms with Gasteiger partial charge in [-0.3, -0.25) is 9.59 Å². The molecule has 0 heterocycles. The van der Waals surface area contributed by atoms with Gasteiger partial charge in [0.1, 0.15) is 0 Å². The van der Waals surface area contributed by atoms with E-state index < -0.39 is 0 Å². The van der Waals surface area contributed by atoms with Gasteiger partial charge >= 0.3 is 0 Å². The number of hydrogen-bond donors (Lipinski definition) is 2. The second kappa shape index (κ2) is 7.24. The maximum absolute atomic E-state index is 12.3. The fraction of sp³-hybridized carbons (Fsp3) is 0.222. The Labute approximate surface area is 150 Å². The minimum atomic E-state index is -0.245. The first-order valence-electron chi connectivity index (χ1n) is 7.66. The average molecular weight is 363 g/mol. The first-order chi connectivity index (χ1) is 11.5. The summed E-state index contributed by atoms with van der Waals surface area (Å²) in [5.41, 5.74) is 1.63. The van der Waals surface area contributed by atoms with E-state index in [9.17, 15) is 9.59 Å². The zero-order chi connectivity index (χ0) is 17.1. The van der Waals surface area contributed by atoms with Crippen molar-refractivity contribution in [3.05, 3.63) is 63.6 Å². The summed E-state index contributed by atoms with van der Waals surface area (Å²) in [6, 6.07) is 12.2. The van der Waals surface area contributed by atoms with Gasteiger partial charge in [-0.05, 0) is 42.7 Å². The van der Waals surface area contributed by atoms with Crippen LogP contribution in [0.1, 0.15) is 28.8 Å². The first kappa shape index (κ1) is 16.8. The summed E-state index contributed by atoms with van der Waals surface area (Å²) in [6.07, 6.45) is 2.12. The molecule has 1 fully saturated rings. The van der Waals surface area contributed by atoms with Crippen molar-refractivity contribution < 1.29 is 9.59 Å². The van der Waals surface area contributed by atoms with E-state index in [4.69, 9.17) is 23.2 Å². The molecular formula is C18H16Cl2N2O2. The van der Waals surface area contributed by atoms with Gasteiger partial charge in [0.25, 0.3) is 5.91 Å². The van der Waals surface area contributed by atoms with E-state index in [-0.39, 0.29) is 24.3 Å². The van der Waals surface area contributed by atoms with Crippen LogP contribution >= 0.6 is 23.2 Å². The second-order valence-corrected chi connectivity index (χ2v) is 6.60. The Morgan fingerprint density at radius 3 is 2.54 bits per heavy atom. The molecule has 2 N–H and O–H groups in total. The third-order valence-corrected chi connectivity index (χ3v) is 4.31. The number of halogens is 2. The van der Waals surface area contributed by atoms with Gasteiger partial charge in [0.2, 0.25) is 5.91 Å². The molecule has 24 heavy (non-hydrogen) atoms. The van der Waals surface area contributed by atoms with Crippen LogP contribution in [0, 0.1) is 0 Å². The van der Waals surface area contributed by atoms with Crippen LogP contribution in [-0.2, 0) is 11.2 Å². The van der Waals surface area contributed by atoms with E-state index in [0.717, 1.165) is 12.8 Å². The number of anilines is 1. The minimum Gasteiger partial charge on any atom is -0.349 e. The highest BCUT2D eigenvalue weighted by molar-refractivity contribution is 6.35. The second-order valence-electron chi connectivity index (χ2n) is 5.75. The average Bonchev–Trinajstić information content (AvgIpc) is 3.34. The lowest BCUT2D eigenvalue weighted by atomic mass is 10.1. The van der Waals surface area contributed by atoms with E-state index in [1.54, 1.807) is 42.5 Å². The highest BCUT2D eigenvalue weighted by Crippen LogP contribution is 2.23. The number of amides is 2. The van der Waals surface area contributed by atoms with Crippen molar-refractivity contribution >= 4 is 40.7 Å². The molecule has 2 aromatic carbocycles. The van der Waals surface area contributed by atoms with E-state index in [1.807, 2.05) is 0 Å². The monoisotopic (exact) mass is 362 g/mol. The topological polar surface area (TPSA) is 58.2 Å². The van der Waals surface area contributed by atoms with Crippen LogP contribution in [0.3, 0.4) is 0 Å². The van der Waals surface area contributed by atoms with Gasteiger partial charge in [-0.1, -0.05) is 41.4 Å². The molecule has 0 saturated heterocycles. The Morgan fingerprint density at radius 2 is 1.83 bits per heavy atom. The Balaban J connectivity index is 1.70. The van der Waals surface area contributed by atoms with Crippen LogP contribution in [0.15, 0.2) is 42.5 Å². The molecule has 0 atom stereocenters. The van der Waals surface area contributed by atoms with Crippen LogP contribution < -0.4 is 10.6 Å². The van der Waals surface area contributed by atoms with Gasteiger partial charge in [0.05, 0.1) is 17.7 Å². The molecular weight excluding hydrogens is 347 g/mol. The van der Waals surface area contributed by atoms with E-state index in [1.165, 1.54) is 0 Å². The lowest BCUT2D eigenvalue weighted by Gasteiger charge is -2.11. The summed E-state index contributed by atoms with van der Waals surface area (Å²) in [6.45, 7) is 0. The van der Waals surface area contributed by atoms with Crippen molar-refractivity contribution in [2.45, 2.75) is 25.3 Å². The maximum atomic E-state index is 12.3. The maximum Gasteiger partial charge on any atom is 0.253 e. The lowest BCUT2D eigenvalue weighted by molar-refractivity contribution is -0.115. The van der Waals surface area contributed by atoms with Crippen LogP contribution in [0.5, 0.6) is 0 Å². The van der Waals surface area contributed by atoms with Gasteiger partial charge in [-0.25, -0.2) is 0 Å². The highest BCUT2D eigenvalue weighted by Gasteiger charge is 2.25. The molecule has 1 aliphatic rings. The Bertz CT molecular complexity index is 788. The molecule has 2 aromatic rings. The number of nitrogens with one attached hydrogen (secondary N) is 2. The molecule has 0 bridgehead atoms. The third-order valence-electron chi connectivity index (χ3n) is 3.72. The number of carbonyl (C=O) groups excluding carboxylic acids is 2. The van der Waals surface area contributed by atoms with E-state index >= 15 is 0 Å². The van der Waals surface area contributed by atoms with Crippen molar-refractivity contribution in [1.29, 1.82) is 0 Å². The third kappa shape index (κ3) is 4.28. The summed E-state index contributed by atoms with van der Waals surface area (Å²) < 4.78 is 0. The van der Waals surface area contributed by atoms with Gasteiger partial charge < -0.3 is 10.6 Å². The van der Waals surface area contributed by atoms with Crippen molar-refractivity contribution in [2.75, 3.05) is 5.32 Å². The van der Waals surface area contributed by atoms with Gasteiger partial charge in [0.15, 0.2) is 0 Å². The van der Waals surface area contributed by atoms with Gasteiger partial charge in [-0.15, -0.1) is 0 Å². The summed E-state index contributed by atoms with van der Waals surface area (Å²) in [5, 5.41) is 6.67. The number of hydrogen-bond acceptors (Lipinski definition) is 2. The van der Waals surface area contributed by atoms with Crippen molar-refractivity contribution in [3.8, 4) is 0 Å². The number of rotatable bonds is 5. The molecule has 0 aromatic heterocycles. The van der Waals surface area contributed by atoms with Crippen LogP contribution in [0.25, 0.3) is 0 Å². The molecule has 2 amide bonds. The van der Waals surface area contributed by atoms with E-state index in [0.29, 0.717) is 26.9 Å². The molecule has 1 aliphatic carbocycles. The number of benzene rings is 2. The standard InChI is InChI=1S/C18H16Cl2N2O2/c19-12-6-5-11(15(20)10-12)9-17(23)22-16-4-2-1-3-14(16)18(24)21-13-7-8-13/h1-6,10,13H,7-9H2,(H,21,24)(H,22,23). The zero-order valence-corrected chi connectivity index (χ0v) is 14.3. The van der Waals surface area contributed by atoms with Crippen molar-refractivity contribution in [3.63, 3.8) is 0 Å². The van der Waals surface area contributed by atoms with Crippen LogP contribution in [-0.4, -0.2) is 17.9 Å². The lowest BCUT2D eigenvalue weighted by Crippen LogP contribution is -2.27. The Hall–Kier alpha value is -2.04. The molecule has 0 spiro atoms. The first-order valence-corrected chi connectivity index (χ1v) is 8.42. The molecule has 3 rings (SSSR count). The van der Waals surface area contributed by atoms with E-state index in [2.05, 4.69) is 10.6 Å². The summed E-state index contributed by atoms with van der Waals surface area (Å²) >= 11 is 11.9. The molecule has 0 aliphatic heterocycles. The van der Waals surface area contributed by atoms with Crippen LogP contribution in [0.2, 0.25) is 10.0 Å². The van der Waals surface area contributed by atoms with Crippen molar-refractivity contribution in [1.82, 2.24) is 5.32 Å². The summed E-state index contributed by atoms with van der Waals surface area (Å²) in [4.78, 5) is 24.5. The zero-order valence-electron chi connectivity index (χ0n) is 12.8. The summed E-state index contributed by atoms with van der Waals surface area (Å²) in [5.74, 6) is -0.413. The number of carbonyl (C=O) groups is 2. The fourth-order valence-corrected chi connectivity index (χ4v) is 2.79. The predicted octanol–water partition coefficient (Wildman–Crippen LogP) is 4.07. The normalized spacial score (nSPS) is 13.4. The molecule has 4 nitrogen and oxygen atoms in total. The van der Waals surface area contributed by atoms with Crippen LogP contribution in [0.4, 0.5) is 5.69 Å². The van der Waals surface area contributed by atoms with Gasteiger partial charge in [0, 0.05) is 16.1 Å². The molecule has 1 saturated carbocycles. The molecule has 6 heteroatoms. The highest BCUT2D eigenvalue weighted by atomic mass is 35.5. The van der Waals surface area contributed by atoms with Gasteiger partial charge in [-0.2, -0.15) is 0 Å². The minimum absolute atomic E-state index is 0.106. The molecule has 124 valence electrons. The SMILES string of the molecule is O=C(Cc1ccc(Cl)cc1Cl)Nc1ccccc1C(=O)NC1CC1. The molecule has 0 unspecified atom stereocenters. The smallest absolute Gasteiger partial charge is 0.253 e. The quantitative estimate of drug-likeness (QED) is 0.842. The Morgan fingerprint density at radius 1 is 1.08 bits per heavy atom. The summed E-state index contributed by atoms with van der Waals surface area (Å²) in [7, 11) is 0. The Kier molecular flexibility index (Phi) is 5.07. The van der Waals surface area contributed by atoms with Crippen molar-refractivity contribution in [2.24, 2.45) is 0 Å². The predicted molar refractivity (Wildman–Crippen MR) is 95.7 cm³/mol. The largest absolute Gasteiger partial charge is 0.349 e. The number of para-hydroxylation sites is 1. The fourth-order valence-electron chi connectivity index (χ4n) is 2.31. The molecule has 0 radical (unpaired) electrons.